The van der Waals surface area contributed by atoms with Gasteiger partial charge < -0.3 is 4.90 Å². The average molecular weight is 433 g/mol. The highest BCUT2D eigenvalue weighted by molar-refractivity contribution is 7.88. The van der Waals surface area contributed by atoms with E-state index in [1.165, 1.54) is 5.56 Å². The molecule has 7 heteroatoms. The van der Waals surface area contributed by atoms with Gasteiger partial charge in [0.2, 0.25) is 15.9 Å². The van der Waals surface area contributed by atoms with Crippen molar-refractivity contribution in [3.05, 3.63) is 59.1 Å². The molecule has 1 aliphatic carbocycles. The normalized spacial score (nSPS) is 24.3. The summed E-state index contributed by atoms with van der Waals surface area (Å²) < 4.78 is 25.7. The Morgan fingerprint density at radius 3 is 2.72 bits per heavy atom. The van der Waals surface area contributed by atoms with Crippen LogP contribution in [0.2, 0.25) is 5.02 Å². The number of carbonyl (C=O) groups excluding carboxylic acids is 1. The van der Waals surface area contributed by atoms with E-state index in [9.17, 15) is 13.2 Å². The van der Waals surface area contributed by atoms with Gasteiger partial charge in [-0.3, -0.25) is 4.79 Å². The van der Waals surface area contributed by atoms with Crippen LogP contribution in [0.3, 0.4) is 0 Å². The summed E-state index contributed by atoms with van der Waals surface area (Å²) >= 11 is 6.17. The quantitative estimate of drug-likeness (QED) is 0.784. The van der Waals surface area contributed by atoms with Crippen molar-refractivity contribution < 1.29 is 13.2 Å². The summed E-state index contributed by atoms with van der Waals surface area (Å²) in [6.45, 7) is 1.14. The van der Waals surface area contributed by atoms with Crippen molar-refractivity contribution in [2.75, 3.05) is 19.3 Å². The third-order valence-corrected chi connectivity index (χ3v) is 6.71. The minimum absolute atomic E-state index is 0.0349. The van der Waals surface area contributed by atoms with Crippen molar-refractivity contribution in [3.63, 3.8) is 0 Å². The van der Waals surface area contributed by atoms with Gasteiger partial charge in [0.05, 0.1) is 6.26 Å². The molecule has 2 aliphatic rings. The number of carbonyl (C=O) groups is 1. The Labute approximate surface area is 177 Å². The van der Waals surface area contributed by atoms with Crippen molar-refractivity contribution in [2.45, 2.75) is 31.2 Å². The highest BCUT2D eigenvalue weighted by atomic mass is 35.5. The van der Waals surface area contributed by atoms with Crippen LogP contribution in [0.5, 0.6) is 0 Å². The average Bonchev–Trinajstić information content (AvgIpc) is 3.47. The number of likely N-dealkylation sites (tertiary alicyclic amines) is 1. The molecule has 1 aliphatic heterocycles. The lowest BCUT2D eigenvalue weighted by molar-refractivity contribution is -0.133. The van der Waals surface area contributed by atoms with Gasteiger partial charge in [0.1, 0.15) is 0 Å². The van der Waals surface area contributed by atoms with E-state index < -0.39 is 10.0 Å². The molecule has 1 saturated heterocycles. The van der Waals surface area contributed by atoms with Crippen LogP contribution in [0, 0.1) is 5.92 Å². The number of piperidine rings is 1. The maximum Gasteiger partial charge on any atom is 0.226 e. The van der Waals surface area contributed by atoms with Crippen molar-refractivity contribution in [3.8, 4) is 11.1 Å². The molecule has 4 rings (SSSR count). The lowest BCUT2D eigenvalue weighted by Gasteiger charge is -2.33. The predicted octanol–water partition coefficient (Wildman–Crippen LogP) is 3.65. The summed E-state index contributed by atoms with van der Waals surface area (Å²) in [4.78, 5) is 14.9. The summed E-state index contributed by atoms with van der Waals surface area (Å²) in [6.07, 6.45) is 3.58. The van der Waals surface area contributed by atoms with Crippen LogP contribution in [0.4, 0.5) is 0 Å². The predicted molar refractivity (Wildman–Crippen MR) is 115 cm³/mol. The molecule has 0 radical (unpaired) electrons. The molecule has 1 amide bonds. The molecule has 0 spiro atoms. The summed E-state index contributed by atoms with van der Waals surface area (Å²) in [5.74, 6) is 0.296. The highest BCUT2D eigenvalue weighted by Gasteiger charge is 2.47. The number of nitrogens with zero attached hydrogens (tertiary/aromatic N) is 1. The lowest BCUT2D eigenvalue weighted by Crippen LogP contribution is -2.49. The molecule has 0 aromatic heterocycles. The summed E-state index contributed by atoms with van der Waals surface area (Å²) in [7, 11) is -3.27. The van der Waals surface area contributed by atoms with Gasteiger partial charge in [-0.2, -0.15) is 0 Å². The Morgan fingerprint density at radius 2 is 1.97 bits per heavy atom. The fourth-order valence-corrected chi connectivity index (χ4v) is 5.35. The van der Waals surface area contributed by atoms with Gasteiger partial charge in [-0.1, -0.05) is 48.0 Å². The Morgan fingerprint density at radius 1 is 1.17 bits per heavy atom. The van der Waals surface area contributed by atoms with Gasteiger partial charge in [0, 0.05) is 30.1 Å². The molecule has 1 saturated carbocycles. The van der Waals surface area contributed by atoms with Crippen LogP contribution in [0.25, 0.3) is 11.1 Å². The Balaban J connectivity index is 1.48. The second-order valence-corrected chi connectivity index (χ2v) is 10.3. The Hall–Kier alpha value is -1.89. The molecule has 29 heavy (non-hydrogen) atoms. The van der Waals surface area contributed by atoms with Gasteiger partial charge in [-0.15, -0.1) is 0 Å². The van der Waals surface area contributed by atoms with E-state index in [-0.39, 0.29) is 23.8 Å². The number of sulfonamides is 1. The van der Waals surface area contributed by atoms with Crippen LogP contribution >= 0.6 is 11.6 Å². The number of nitrogens with one attached hydrogen (secondary N) is 1. The van der Waals surface area contributed by atoms with Gasteiger partial charge in [0.15, 0.2) is 0 Å². The van der Waals surface area contributed by atoms with Crippen molar-refractivity contribution in [1.29, 1.82) is 0 Å². The number of halogens is 1. The zero-order valence-corrected chi connectivity index (χ0v) is 17.9. The molecule has 3 atom stereocenters. The topological polar surface area (TPSA) is 66.5 Å². The SMILES string of the molecule is CS(=O)(=O)N[C@H]1CCCN(C(=O)[C@@H]2C[C@H]2c2ccccc2-c2cccc(Cl)c2)C1. The van der Waals surface area contributed by atoms with E-state index in [4.69, 9.17) is 11.6 Å². The number of benzene rings is 2. The van der Waals surface area contributed by atoms with Crippen molar-refractivity contribution >= 4 is 27.5 Å². The van der Waals surface area contributed by atoms with E-state index in [0.29, 0.717) is 18.1 Å². The largest absolute Gasteiger partial charge is 0.341 e. The molecule has 0 bridgehead atoms. The summed E-state index contributed by atoms with van der Waals surface area (Å²) in [5.41, 5.74) is 3.35. The third-order valence-electron chi connectivity index (χ3n) is 5.72. The second kappa shape index (κ2) is 8.09. The molecule has 1 heterocycles. The van der Waals surface area contributed by atoms with Crippen LogP contribution in [0.15, 0.2) is 48.5 Å². The van der Waals surface area contributed by atoms with E-state index >= 15 is 0 Å². The molecular formula is C22H25ClN2O3S. The number of amides is 1. The number of hydrogen-bond donors (Lipinski definition) is 1. The minimum Gasteiger partial charge on any atom is -0.341 e. The first kappa shape index (κ1) is 20.4. The molecular weight excluding hydrogens is 408 g/mol. The van der Waals surface area contributed by atoms with Crippen LogP contribution in [-0.2, 0) is 14.8 Å². The lowest BCUT2D eigenvalue weighted by atomic mass is 9.95. The number of rotatable bonds is 5. The van der Waals surface area contributed by atoms with Crippen LogP contribution < -0.4 is 4.72 Å². The van der Waals surface area contributed by atoms with Crippen molar-refractivity contribution in [1.82, 2.24) is 9.62 Å². The third kappa shape index (κ3) is 4.82. The van der Waals surface area contributed by atoms with E-state index in [0.717, 1.165) is 36.6 Å². The maximum atomic E-state index is 13.1. The second-order valence-electron chi connectivity index (χ2n) is 8.06. The Kier molecular flexibility index (Phi) is 5.69. The first-order chi connectivity index (χ1) is 13.8. The smallest absolute Gasteiger partial charge is 0.226 e. The molecule has 2 aromatic carbocycles. The maximum absolute atomic E-state index is 13.1. The standard InChI is InChI=1S/C22H25ClN2O3S/c1-29(27,28)24-17-8-5-11-25(14-17)22(26)21-13-20(21)19-10-3-2-9-18(19)15-6-4-7-16(23)12-15/h2-4,6-7,9-10,12,17,20-21,24H,5,8,11,13-14H2,1H3/t17-,20-,21+/m0/s1. The van der Waals surface area contributed by atoms with Gasteiger partial charge in [-0.25, -0.2) is 13.1 Å². The molecule has 154 valence electrons. The first-order valence-electron chi connectivity index (χ1n) is 9.93. The van der Waals surface area contributed by atoms with Gasteiger partial charge in [-0.05, 0) is 54.0 Å². The van der Waals surface area contributed by atoms with Crippen molar-refractivity contribution in [2.24, 2.45) is 5.92 Å². The fraction of sp³-hybridized carbons (Fsp3) is 0.409. The van der Waals surface area contributed by atoms with E-state index in [2.05, 4.69) is 16.9 Å². The van der Waals surface area contributed by atoms with Crippen LogP contribution in [0.1, 0.15) is 30.7 Å². The van der Waals surface area contributed by atoms with E-state index in [1.54, 1.807) is 0 Å². The highest BCUT2D eigenvalue weighted by Crippen LogP contribution is 2.51. The fourth-order valence-electron chi connectivity index (χ4n) is 4.36. The zero-order valence-electron chi connectivity index (χ0n) is 16.3. The van der Waals surface area contributed by atoms with Gasteiger partial charge in [0.25, 0.3) is 0 Å². The Bertz CT molecular complexity index is 1020. The van der Waals surface area contributed by atoms with Crippen LogP contribution in [-0.4, -0.2) is 44.6 Å². The molecule has 0 unspecified atom stereocenters. The van der Waals surface area contributed by atoms with Gasteiger partial charge >= 0.3 is 0 Å². The summed E-state index contributed by atoms with van der Waals surface area (Å²) in [6, 6.07) is 15.8. The van der Waals surface area contributed by atoms with E-state index in [1.807, 2.05) is 41.3 Å². The molecule has 2 fully saturated rings. The number of hydrogen-bond acceptors (Lipinski definition) is 3. The zero-order chi connectivity index (χ0) is 20.6. The molecule has 2 aromatic rings. The first-order valence-corrected chi connectivity index (χ1v) is 12.2. The molecule has 1 N–H and O–H groups in total. The summed E-state index contributed by atoms with van der Waals surface area (Å²) in [5, 5.41) is 0.693. The molecule has 5 nitrogen and oxygen atoms in total. The minimum atomic E-state index is -3.27. The monoisotopic (exact) mass is 432 g/mol.